The van der Waals surface area contributed by atoms with Crippen LogP contribution in [0, 0.1) is 0 Å². The fraction of sp³-hybridized carbons (Fsp3) is 0. The first kappa shape index (κ1) is 34.8. The molecule has 0 atom stereocenters. The summed E-state index contributed by atoms with van der Waals surface area (Å²) in [5.41, 5.74) is 12.4. The first-order chi connectivity index (χ1) is 30.8. The molecule has 286 valence electrons. The van der Waals surface area contributed by atoms with Gasteiger partial charge in [0.25, 0.3) is 0 Å². The Kier molecular flexibility index (Phi) is 7.71. The molecule has 0 unspecified atom stereocenters. The topological polar surface area (TPSA) is 0 Å². The monoisotopic (exact) mass is 782 g/mol. The molecule has 0 fully saturated rings. The molecule has 0 nitrogen and oxygen atoms in total. The summed E-state index contributed by atoms with van der Waals surface area (Å²) in [6, 6.07) is 85.5. The maximum Gasteiger partial charge on any atom is -0.00134 e. The molecule has 0 heterocycles. The molecule has 0 radical (unpaired) electrons. The van der Waals surface area contributed by atoms with Gasteiger partial charge in [0.05, 0.1) is 0 Å². The minimum atomic E-state index is 1.22. The molecule has 0 saturated heterocycles. The Morgan fingerprint density at radius 3 is 1.47 bits per heavy atom. The van der Waals surface area contributed by atoms with Crippen molar-refractivity contribution in [2.75, 3.05) is 0 Å². The Balaban J connectivity index is 1.13. The van der Waals surface area contributed by atoms with E-state index in [0.29, 0.717) is 0 Å². The van der Waals surface area contributed by atoms with E-state index in [0.717, 1.165) is 0 Å². The molecule has 0 heteroatoms. The first-order valence-corrected chi connectivity index (χ1v) is 21.6. The molecular formula is C62H38. The lowest BCUT2D eigenvalue weighted by molar-refractivity contribution is 1.60. The lowest BCUT2D eigenvalue weighted by Crippen LogP contribution is -1.95. The highest BCUT2D eigenvalue weighted by Crippen LogP contribution is 2.52. The summed E-state index contributed by atoms with van der Waals surface area (Å²) in [5.74, 6) is 0. The van der Waals surface area contributed by atoms with Crippen LogP contribution in [-0.4, -0.2) is 0 Å². The summed E-state index contributed by atoms with van der Waals surface area (Å²) in [7, 11) is 0. The van der Waals surface area contributed by atoms with E-state index in [1.54, 1.807) is 0 Å². The second kappa shape index (κ2) is 13.7. The normalized spacial score (nSPS) is 11.9. The molecule has 0 bridgehead atoms. The summed E-state index contributed by atoms with van der Waals surface area (Å²) < 4.78 is 0. The largest absolute Gasteiger partial charge is 0.0622 e. The number of hydrogen-bond donors (Lipinski definition) is 0. The fourth-order valence-electron chi connectivity index (χ4n) is 10.8. The Hall–Kier alpha value is -8.06. The van der Waals surface area contributed by atoms with E-state index in [-0.39, 0.29) is 0 Å². The van der Waals surface area contributed by atoms with E-state index in [4.69, 9.17) is 0 Å². The zero-order valence-corrected chi connectivity index (χ0v) is 33.9. The molecule has 0 spiro atoms. The third-order valence-corrected chi connectivity index (χ3v) is 13.4. The van der Waals surface area contributed by atoms with Gasteiger partial charge in [-0.15, -0.1) is 0 Å². The van der Waals surface area contributed by atoms with E-state index < -0.39 is 0 Å². The van der Waals surface area contributed by atoms with Gasteiger partial charge >= 0.3 is 0 Å². The van der Waals surface area contributed by atoms with Crippen LogP contribution >= 0.6 is 0 Å². The predicted molar refractivity (Wildman–Crippen MR) is 267 cm³/mol. The molecule has 0 amide bonds. The van der Waals surface area contributed by atoms with Crippen molar-refractivity contribution >= 4 is 75.4 Å². The highest BCUT2D eigenvalue weighted by Gasteiger charge is 2.24. The quantitative estimate of drug-likeness (QED) is 0.120. The summed E-state index contributed by atoms with van der Waals surface area (Å²) in [4.78, 5) is 0. The summed E-state index contributed by atoms with van der Waals surface area (Å²) in [6.45, 7) is 0. The van der Waals surface area contributed by atoms with Crippen molar-refractivity contribution in [1.82, 2.24) is 0 Å². The van der Waals surface area contributed by atoms with Crippen LogP contribution in [0.2, 0.25) is 0 Å². The van der Waals surface area contributed by atoms with Crippen molar-refractivity contribution < 1.29 is 0 Å². The number of rotatable bonds is 5. The van der Waals surface area contributed by atoms with Gasteiger partial charge in [0.1, 0.15) is 0 Å². The molecule has 0 aliphatic rings. The van der Waals surface area contributed by atoms with Crippen molar-refractivity contribution in [3.8, 4) is 55.6 Å². The smallest absolute Gasteiger partial charge is 0.00134 e. The van der Waals surface area contributed by atoms with Gasteiger partial charge < -0.3 is 0 Å². The molecule has 0 aromatic heterocycles. The minimum absolute atomic E-state index is 1.22. The zero-order valence-electron chi connectivity index (χ0n) is 33.9. The van der Waals surface area contributed by atoms with Gasteiger partial charge in [-0.1, -0.05) is 218 Å². The molecule has 13 aromatic carbocycles. The van der Waals surface area contributed by atoms with E-state index in [1.165, 1.54) is 131 Å². The third-order valence-electron chi connectivity index (χ3n) is 13.4. The van der Waals surface area contributed by atoms with Crippen LogP contribution in [0.15, 0.2) is 231 Å². The highest BCUT2D eigenvalue weighted by molar-refractivity contribution is 6.44. The average molecular weight is 783 g/mol. The molecular weight excluding hydrogens is 745 g/mol. The lowest BCUT2D eigenvalue weighted by Gasteiger charge is -2.23. The summed E-state index contributed by atoms with van der Waals surface area (Å²) in [5, 5.41) is 18.1. The second-order valence-electron chi connectivity index (χ2n) is 16.6. The van der Waals surface area contributed by atoms with E-state index in [2.05, 4.69) is 231 Å². The van der Waals surface area contributed by atoms with Gasteiger partial charge in [-0.2, -0.15) is 0 Å². The van der Waals surface area contributed by atoms with Crippen LogP contribution in [0.25, 0.3) is 131 Å². The summed E-state index contributed by atoms with van der Waals surface area (Å²) >= 11 is 0. The standard InChI is InChI=1S/C62H38/c1-3-17-39(18-4-1)41-22-15-23-42(37-41)45-33-35-53(49-28-12-11-27-48(45)49)58-51-29-13-14-30-52(51)60-56-36-34-50(47-26-10-9-24-44(47)40-19-5-2-6-20-40)57-38-43-21-7-8-25-46(43)59(62(56)57)55-32-16-31-54(58)61(55)60/h1-38H. The molecule has 13 aromatic rings. The SMILES string of the molecule is c1ccc(-c2cccc(-c3ccc(-c4c5ccccc5c5c6ccc(-c7ccccc7-c7ccccc7)c7cc8ccccc8c(c8cccc4c85)c76)c4ccccc34)c2)cc1. The lowest BCUT2D eigenvalue weighted by atomic mass is 9.80. The zero-order chi connectivity index (χ0) is 40.7. The van der Waals surface area contributed by atoms with Crippen molar-refractivity contribution in [2.24, 2.45) is 0 Å². The molecule has 13 rings (SSSR count). The van der Waals surface area contributed by atoms with Crippen LogP contribution < -0.4 is 0 Å². The fourth-order valence-corrected chi connectivity index (χ4v) is 10.8. The van der Waals surface area contributed by atoms with Crippen molar-refractivity contribution in [3.05, 3.63) is 231 Å². The van der Waals surface area contributed by atoms with E-state index in [1.807, 2.05) is 0 Å². The molecule has 0 aliphatic carbocycles. The van der Waals surface area contributed by atoms with Gasteiger partial charge in [0.15, 0.2) is 0 Å². The predicted octanol–water partition coefficient (Wildman–Crippen LogP) is 17.5. The number of fused-ring (bicyclic) bond motifs is 7. The van der Waals surface area contributed by atoms with Crippen molar-refractivity contribution in [2.45, 2.75) is 0 Å². The van der Waals surface area contributed by atoms with Gasteiger partial charge in [-0.25, -0.2) is 0 Å². The second-order valence-corrected chi connectivity index (χ2v) is 16.6. The van der Waals surface area contributed by atoms with Crippen LogP contribution in [0.4, 0.5) is 0 Å². The van der Waals surface area contributed by atoms with E-state index in [9.17, 15) is 0 Å². The van der Waals surface area contributed by atoms with Gasteiger partial charge in [-0.3, -0.25) is 0 Å². The Labute approximate surface area is 359 Å². The molecule has 0 saturated carbocycles. The molecule has 0 aliphatic heterocycles. The van der Waals surface area contributed by atoms with Gasteiger partial charge in [0, 0.05) is 0 Å². The first-order valence-electron chi connectivity index (χ1n) is 21.6. The third kappa shape index (κ3) is 5.14. The van der Waals surface area contributed by atoms with Crippen LogP contribution in [0.1, 0.15) is 0 Å². The van der Waals surface area contributed by atoms with Crippen LogP contribution in [0.5, 0.6) is 0 Å². The highest BCUT2D eigenvalue weighted by atomic mass is 14.3. The van der Waals surface area contributed by atoms with Crippen molar-refractivity contribution in [3.63, 3.8) is 0 Å². The number of benzene rings is 13. The number of hydrogen-bond acceptors (Lipinski definition) is 0. The Morgan fingerprint density at radius 1 is 0.177 bits per heavy atom. The van der Waals surface area contributed by atoms with Crippen LogP contribution in [-0.2, 0) is 0 Å². The van der Waals surface area contributed by atoms with Gasteiger partial charge in [0.2, 0.25) is 0 Å². The Bertz CT molecular complexity index is 3890. The maximum atomic E-state index is 2.44. The van der Waals surface area contributed by atoms with Crippen LogP contribution in [0.3, 0.4) is 0 Å². The molecule has 0 N–H and O–H groups in total. The van der Waals surface area contributed by atoms with Gasteiger partial charge in [-0.05, 0) is 143 Å². The average Bonchev–Trinajstić information content (AvgIpc) is 3.35. The van der Waals surface area contributed by atoms with E-state index >= 15 is 0 Å². The Morgan fingerprint density at radius 2 is 0.661 bits per heavy atom. The maximum absolute atomic E-state index is 2.44. The molecule has 62 heavy (non-hydrogen) atoms. The minimum Gasteiger partial charge on any atom is -0.0622 e. The van der Waals surface area contributed by atoms with Crippen molar-refractivity contribution in [1.29, 1.82) is 0 Å². The summed E-state index contributed by atoms with van der Waals surface area (Å²) in [6.07, 6.45) is 0.